The lowest BCUT2D eigenvalue weighted by atomic mass is 9.79. The van der Waals surface area contributed by atoms with Crippen LogP contribution in [0.4, 0.5) is 0 Å². The maximum absolute atomic E-state index is 11.8. The zero-order valence-corrected chi connectivity index (χ0v) is 27.0. The predicted molar refractivity (Wildman–Crippen MR) is 155 cm³/mol. The standard InChI is InChI=1S/C31H60O5Si/c1-21(26(6)33)12-14-27-22(2)16-18-31(34-27)19-17-24(4)29(35-31)23(3)13-15-28(25(5)20-32)36-37(10,11)30(7,8)9/h20-29,33H,12-19H2,1-11H3/t21-,22+,23+,24-,25+,26?,27-,28-,29-,31+/m0/s1. The Labute approximate surface area is 229 Å². The van der Waals surface area contributed by atoms with Crippen molar-refractivity contribution in [1.82, 2.24) is 0 Å². The monoisotopic (exact) mass is 540 g/mol. The minimum absolute atomic E-state index is 0.0410. The molecule has 2 aliphatic heterocycles. The molecule has 0 amide bonds. The van der Waals surface area contributed by atoms with Crippen LogP contribution in [0.5, 0.6) is 0 Å². The quantitative estimate of drug-likeness (QED) is 0.202. The number of carbonyl (C=O) groups is 1. The molecule has 0 saturated carbocycles. The normalized spacial score (nSPS) is 33.5. The molecule has 218 valence electrons. The summed E-state index contributed by atoms with van der Waals surface area (Å²) >= 11 is 0. The number of ether oxygens (including phenoxy) is 2. The molecule has 6 heteroatoms. The highest BCUT2D eigenvalue weighted by molar-refractivity contribution is 6.74. The van der Waals surface area contributed by atoms with E-state index >= 15 is 0 Å². The number of aliphatic hydroxyl groups is 1. The van der Waals surface area contributed by atoms with Crippen molar-refractivity contribution >= 4 is 14.6 Å². The van der Waals surface area contributed by atoms with Crippen molar-refractivity contribution < 1.29 is 23.8 Å². The van der Waals surface area contributed by atoms with Gasteiger partial charge in [0.1, 0.15) is 6.29 Å². The minimum Gasteiger partial charge on any atom is -0.413 e. The van der Waals surface area contributed by atoms with Crippen molar-refractivity contribution in [2.75, 3.05) is 0 Å². The molecule has 2 saturated heterocycles. The summed E-state index contributed by atoms with van der Waals surface area (Å²) in [5.41, 5.74) is 0. The molecule has 2 aliphatic rings. The lowest BCUT2D eigenvalue weighted by molar-refractivity contribution is -0.338. The molecule has 5 nitrogen and oxygen atoms in total. The third-order valence-electron chi connectivity index (χ3n) is 10.1. The molecule has 2 rings (SSSR count). The van der Waals surface area contributed by atoms with Gasteiger partial charge in [-0.05, 0) is 87.3 Å². The zero-order chi connectivity index (χ0) is 28.2. The van der Waals surface area contributed by atoms with Crippen molar-refractivity contribution in [1.29, 1.82) is 0 Å². The summed E-state index contributed by atoms with van der Waals surface area (Å²) in [7, 11) is -1.97. The Hall–Kier alpha value is -0.273. The summed E-state index contributed by atoms with van der Waals surface area (Å²) in [5.74, 6) is 1.08. The van der Waals surface area contributed by atoms with Gasteiger partial charge in [-0.1, -0.05) is 55.4 Å². The van der Waals surface area contributed by atoms with Gasteiger partial charge in [0.05, 0.1) is 24.4 Å². The minimum atomic E-state index is -1.97. The summed E-state index contributed by atoms with van der Waals surface area (Å²) in [6.45, 7) is 24.2. The third kappa shape index (κ3) is 8.86. The average molecular weight is 541 g/mol. The predicted octanol–water partition coefficient (Wildman–Crippen LogP) is 7.75. The molecule has 1 spiro atoms. The zero-order valence-electron chi connectivity index (χ0n) is 26.0. The number of hydrogen-bond donors (Lipinski definition) is 1. The van der Waals surface area contributed by atoms with Crippen LogP contribution in [0, 0.1) is 29.6 Å². The van der Waals surface area contributed by atoms with E-state index in [1.165, 1.54) is 0 Å². The van der Waals surface area contributed by atoms with Gasteiger partial charge in [-0.15, -0.1) is 0 Å². The van der Waals surface area contributed by atoms with E-state index in [1.807, 2.05) is 13.8 Å². The molecule has 0 aromatic carbocycles. The smallest absolute Gasteiger partial charge is 0.192 e. The molecular weight excluding hydrogens is 480 g/mol. The molecule has 0 aromatic rings. The summed E-state index contributed by atoms with van der Waals surface area (Å²) in [6, 6.07) is 0. The molecule has 0 radical (unpaired) electrons. The SMILES string of the molecule is CC(O)[C@@H](C)CC[C@@H]1O[C@@]2(CC[C@H]1C)CC[C@H](C)[C@H]([C@H](C)CC[C@H](O[Si](C)(C)C(C)(C)C)[C@H](C)C=O)O2. The summed E-state index contributed by atoms with van der Waals surface area (Å²) < 4.78 is 20.5. The molecule has 2 heterocycles. The first-order chi connectivity index (χ1) is 17.0. The van der Waals surface area contributed by atoms with Crippen LogP contribution in [0.15, 0.2) is 0 Å². The van der Waals surface area contributed by atoms with E-state index in [0.717, 1.165) is 57.7 Å². The van der Waals surface area contributed by atoms with E-state index in [9.17, 15) is 9.90 Å². The van der Waals surface area contributed by atoms with Crippen LogP contribution in [0.3, 0.4) is 0 Å². The van der Waals surface area contributed by atoms with Gasteiger partial charge in [-0.2, -0.15) is 0 Å². The van der Waals surface area contributed by atoms with E-state index < -0.39 is 14.1 Å². The van der Waals surface area contributed by atoms with Crippen molar-refractivity contribution in [3.63, 3.8) is 0 Å². The van der Waals surface area contributed by atoms with Gasteiger partial charge < -0.3 is 23.8 Å². The number of aliphatic hydroxyl groups excluding tert-OH is 1. The number of hydrogen-bond acceptors (Lipinski definition) is 5. The van der Waals surface area contributed by atoms with Gasteiger partial charge in [0.15, 0.2) is 14.1 Å². The van der Waals surface area contributed by atoms with Crippen molar-refractivity contribution in [2.24, 2.45) is 29.6 Å². The van der Waals surface area contributed by atoms with Crippen LogP contribution < -0.4 is 0 Å². The van der Waals surface area contributed by atoms with Crippen LogP contribution in [-0.4, -0.2) is 49.9 Å². The van der Waals surface area contributed by atoms with Crippen molar-refractivity contribution in [3.05, 3.63) is 0 Å². The lowest BCUT2D eigenvalue weighted by Gasteiger charge is -2.51. The Morgan fingerprint density at radius 3 is 2.14 bits per heavy atom. The van der Waals surface area contributed by atoms with E-state index in [2.05, 4.69) is 61.6 Å². The van der Waals surface area contributed by atoms with Gasteiger partial charge in [-0.25, -0.2) is 0 Å². The fourth-order valence-electron chi connectivity index (χ4n) is 5.74. The topological polar surface area (TPSA) is 65.0 Å². The fraction of sp³-hybridized carbons (Fsp3) is 0.968. The first-order valence-electron chi connectivity index (χ1n) is 15.2. The van der Waals surface area contributed by atoms with E-state index in [4.69, 9.17) is 13.9 Å². The van der Waals surface area contributed by atoms with Gasteiger partial charge in [0.2, 0.25) is 0 Å². The second-order valence-corrected chi connectivity index (χ2v) is 19.2. The molecule has 2 fully saturated rings. The molecule has 1 N–H and O–H groups in total. The van der Waals surface area contributed by atoms with E-state index in [0.29, 0.717) is 17.8 Å². The highest BCUT2D eigenvalue weighted by atomic mass is 28.4. The molecule has 0 aliphatic carbocycles. The highest BCUT2D eigenvalue weighted by Gasteiger charge is 2.48. The van der Waals surface area contributed by atoms with E-state index in [1.54, 1.807) is 0 Å². The molecule has 0 bridgehead atoms. The Morgan fingerprint density at radius 2 is 1.59 bits per heavy atom. The van der Waals surface area contributed by atoms with Gasteiger partial charge in [0.25, 0.3) is 0 Å². The molecule has 10 atom stereocenters. The fourth-order valence-corrected chi connectivity index (χ4v) is 7.19. The Kier molecular flexibility index (Phi) is 11.9. The number of aldehydes is 1. The first kappa shape index (κ1) is 32.9. The molecule has 37 heavy (non-hydrogen) atoms. The molecule has 1 unspecified atom stereocenters. The van der Waals surface area contributed by atoms with Gasteiger partial charge >= 0.3 is 0 Å². The van der Waals surface area contributed by atoms with Crippen molar-refractivity contribution in [2.45, 2.75) is 162 Å². The van der Waals surface area contributed by atoms with Crippen LogP contribution >= 0.6 is 0 Å². The molecule has 0 aromatic heterocycles. The number of carbonyl (C=O) groups excluding carboxylic acids is 1. The lowest BCUT2D eigenvalue weighted by Crippen LogP contribution is -2.53. The van der Waals surface area contributed by atoms with Crippen molar-refractivity contribution in [3.8, 4) is 0 Å². The average Bonchev–Trinajstić information content (AvgIpc) is 2.82. The summed E-state index contributed by atoms with van der Waals surface area (Å²) in [4.78, 5) is 11.8. The number of rotatable bonds is 12. The second kappa shape index (κ2) is 13.4. The Bertz CT molecular complexity index is 700. The summed E-state index contributed by atoms with van der Waals surface area (Å²) in [5, 5.41) is 10.1. The van der Waals surface area contributed by atoms with Crippen LogP contribution in [0.2, 0.25) is 18.1 Å². The maximum atomic E-state index is 11.8. The Balaban J connectivity index is 2.05. The van der Waals surface area contributed by atoms with Crippen LogP contribution in [-0.2, 0) is 18.7 Å². The highest BCUT2D eigenvalue weighted by Crippen LogP contribution is 2.46. The largest absolute Gasteiger partial charge is 0.413 e. The van der Waals surface area contributed by atoms with Crippen LogP contribution in [0.25, 0.3) is 0 Å². The van der Waals surface area contributed by atoms with Gasteiger partial charge in [-0.3, -0.25) is 0 Å². The van der Waals surface area contributed by atoms with Gasteiger partial charge in [0, 0.05) is 18.8 Å². The first-order valence-corrected chi connectivity index (χ1v) is 18.1. The molecular formula is C31H60O5Si. The maximum Gasteiger partial charge on any atom is 0.192 e. The third-order valence-corrected chi connectivity index (χ3v) is 14.6. The van der Waals surface area contributed by atoms with Crippen LogP contribution in [0.1, 0.15) is 114 Å². The summed E-state index contributed by atoms with van der Waals surface area (Å²) in [6.07, 6.45) is 9.07. The second-order valence-electron chi connectivity index (χ2n) is 14.4. The Morgan fingerprint density at radius 1 is 1.00 bits per heavy atom. The van der Waals surface area contributed by atoms with E-state index in [-0.39, 0.29) is 41.3 Å².